The fraction of sp³-hybridized carbons (Fsp3) is 0.300. The molecule has 0 aliphatic rings. The van der Waals surface area contributed by atoms with Crippen LogP contribution in [-0.2, 0) is 26.0 Å². The van der Waals surface area contributed by atoms with Crippen molar-refractivity contribution in [2.75, 3.05) is 12.9 Å². The van der Waals surface area contributed by atoms with Gasteiger partial charge in [0.2, 0.25) is 0 Å². The van der Waals surface area contributed by atoms with Gasteiger partial charge in [-0.05, 0) is 46.7 Å². The molecule has 1 unspecified atom stereocenters. The Kier molecular flexibility index (Phi) is 10.8. The van der Waals surface area contributed by atoms with Gasteiger partial charge in [0.15, 0.2) is 0 Å². The number of hydrogen-bond donors (Lipinski definition) is 1. The molecule has 0 aromatic heterocycles. The monoisotopic (exact) mass is 537 g/mol. The molecule has 0 fully saturated rings. The third-order valence-corrected chi connectivity index (χ3v) is 8.50. The first-order chi connectivity index (χ1) is 17.8. The average molecular weight is 538 g/mol. The number of nitrogens with one attached hydrogen (secondary N) is 1. The minimum atomic E-state index is -2.81. The van der Waals surface area contributed by atoms with E-state index >= 15 is 0 Å². The van der Waals surface area contributed by atoms with Gasteiger partial charge in [0.05, 0.1) is 7.11 Å². The molecule has 3 aromatic carbocycles. The van der Waals surface area contributed by atoms with Gasteiger partial charge in [-0.15, -0.1) is 0 Å². The number of thioether (sulfide) groups is 1. The summed E-state index contributed by atoms with van der Waals surface area (Å²) in [5, 5.41) is 0. The minimum Gasteiger partial charge on any atom is -0.497 e. The molecule has 3 rings (SSSR count). The summed E-state index contributed by atoms with van der Waals surface area (Å²) in [6.45, 7) is 2.09. The van der Waals surface area contributed by atoms with Crippen LogP contribution >= 0.6 is 11.8 Å². The highest BCUT2D eigenvalue weighted by atomic mass is 32.2. The largest absolute Gasteiger partial charge is 0.497 e. The molecule has 37 heavy (non-hydrogen) atoms. The lowest BCUT2D eigenvalue weighted by molar-refractivity contribution is -0.115. The average Bonchev–Trinajstić information content (AvgIpc) is 2.91. The molecule has 1 N–H and O–H groups in total. The van der Waals surface area contributed by atoms with Gasteiger partial charge in [0, 0.05) is 32.5 Å². The van der Waals surface area contributed by atoms with Crippen molar-refractivity contribution in [3.8, 4) is 16.9 Å². The fourth-order valence-corrected chi connectivity index (χ4v) is 5.96. The number of ketones is 1. The third kappa shape index (κ3) is 9.09. The van der Waals surface area contributed by atoms with Gasteiger partial charge in [-0.25, -0.2) is 4.21 Å². The highest BCUT2D eigenvalue weighted by Gasteiger charge is 2.19. The topological polar surface area (TPSA) is 72.5 Å². The number of amides is 1. The van der Waals surface area contributed by atoms with Crippen molar-refractivity contribution in [2.24, 2.45) is 0 Å². The van der Waals surface area contributed by atoms with E-state index in [1.807, 2.05) is 30.3 Å². The normalized spacial score (nSPS) is 12.5. The van der Waals surface area contributed by atoms with Crippen molar-refractivity contribution in [2.45, 2.75) is 44.1 Å². The van der Waals surface area contributed by atoms with Crippen molar-refractivity contribution in [1.29, 1.82) is 0 Å². The lowest BCUT2D eigenvalue weighted by Crippen LogP contribution is -2.37. The third-order valence-electron chi connectivity index (χ3n) is 5.92. The molecule has 0 saturated heterocycles. The van der Waals surface area contributed by atoms with E-state index in [-0.39, 0.29) is 11.3 Å². The highest BCUT2D eigenvalue weighted by Crippen LogP contribution is 2.25. The van der Waals surface area contributed by atoms with E-state index in [0.29, 0.717) is 6.42 Å². The first-order valence-electron chi connectivity index (χ1n) is 12.4. The van der Waals surface area contributed by atoms with Gasteiger partial charge in [-0.3, -0.25) is 14.3 Å². The molecule has 0 bridgehead atoms. The van der Waals surface area contributed by atoms with Crippen LogP contribution in [0.3, 0.4) is 0 Å². The molecular formula is C30H35NO4S2. The molecule has 0 radical (unpaired) electrons. The van der Waals surface area contributed by atoms with Gasteiger partial charge < -0.3 is 4.74 Å². The molecule has 0 heterocycles. The second kappa shape index (κ2) is 14.1. The Morgan fingerprint density at radius 1 is 0.892 bits per heavy atom. The molecule has 5 nitrogen and oxygen atoms in total. The van der Waals surface area contributed by atoms with Crippen LogP contribution in [0.25, 0.3) is 11.1 Å². The van der Waals surface area contributed by atoms with Crippen LogP contribution in [-0.4, -0.2) is 34.6 Å². The summed E-state index contributed by atoms with van der Waals surface area (Å²) in [4.78, 5) is 24.8. The number of rotatable bonds is 14. The molecule has 1 amide bonds. The Morgan fingerprint density at radius 3 is 2.16 bits per heavy atom. The van der Waals surface area contributed by atoms with Crippen LogP contribution in [0.5, 0.6) is 5.75 Å². The maximum absolute atomic E-state index is 12.5. The molecule has 1 atom stereocenters. The van der Waals surface area contributed by atoms with E-state index in [1.54, 1.807) is 31.0 Å². The van der Waals surface area contributed by atoms with Crippen LogP contribution in [0.1, 0.15) is 54.1 Å². The maximum atomic E-state index is 12.5. The lowest BCUT2D eigenvalue weighted by atomic mass is 10.0. The summed E-state index contributed by atoms with van der Waals surface area (Å²) >= 11 is 1.78. The Morgan fingerprint density at radius 2 is 1.54 bits per heavy atom. The lowest BCUT2D eigenvalue weighted by Gasteiger charge is -2.11. The number of unbranched alkanes of at least 4 members (excludes halogenated alkanes) is 3. The maximum Gasteiger partial charge on any atom is 0.303 e. The summed E-state index contributed by atoms with van der Waals surface area (Å²) in [7, 11) is -1.14. The van der Waals surface area contributed by atoms with Crippen LogP contribution < -0.4 is 9.46 Å². The summed E-state index contributed by atoms with van der Waals surface area (Å²) < 4.78 is 20.1. The Labute approximate surface area is 225 Å². The number of benzene rings is 3. The van der Waals surface area contributed by atoms with Gasteiger partial charge >= 0.3 is 5.91 Å². The molecule has 0 spiro atoms. The predicted molar refractivity (Wildman–Crippen MR) is 157 cm³/mol. The van der Waals surface area contributed by atoms with E-state index in [0.717, 1.165) is 53.2 Å². The quantitative estimate of drug-likeness (QED) is 0.113. The van der Waals surface area contributed by atoms with Crippen LogP contribution in [0.4, 0.5) is 0 Å². The Bertz CT molecular complexity index is 1280. The number of carbonyl (C=O) groups is 2. The van der Waals surface area contributed by atoms with Gasteiger partial charge in [-0.1, -0.05) is 86.8 Å². The first kappa shape index (κ1) is 28.5. The molecule has 7 heteroatoms. The van der Waals surface area contributed by atoms with E-state index in [4.69, 9.17) is 4.74 Å². The van der Waals surface area contributed by atoms with Crippen LogP contribution in [0, 0.1) is 0 Å². The van der Waals surface area contributed by atoms with Crippen LogP contribution in [0.2, 0.25) is 0 Å². The van der Waals surface area contributed by atoms with Crippen molar-refractivity contribution in [1.82, 2.24) is 4.72 Å². The van der Waals surface area contributed by atoms with Crippen LogP contribution in [0.15, 0.2) is 72.8 Å². The summed E-state index contributed by atoms with van der Waals surface area (Å²) in [6, 6.07) is 23.5. The van der Waals surface area contributed by atoms with Crippen molar-refractivity contribution in [3.05, 3.63) is 89.5 Å². The van der Waals surface area contributed by atoms with E-state index in [1.165, 1.54) is 5.56 Å². The number of methoxy groups -OCH3 is 1. The van der Waals surface area contributed by atoms with Crippen molar-refractivity contribution < 1.29 is 18.5 Å². The number of ether oxygens (including phenoxy) is 1. The van der Waals surface area contributed by atoms with E-state index in [2.05, 4.69) is 47.8 Å². The van der Waals surface area contributed by atoms with Crippen molar-refractivity contribution in [3.63, 3.8) is 0 Å². The van der Waals surface area contributed by atoms with Gasteiger partial charge in [0.25, 0.3) is 5.78 Å². The second-order valence-corrected chi connectivity index (χ2v) is 12.2. The molecule has 0 aliphatic carbocycles. The summed E-state index contributed by atoms with van der Waals surface area (Å²) in [5.74, 6) is 4.82. The Hall–Kier alpha value is -3.03. The molecular weight excluding hydrogens is 502 g/mol. The molecule has 0 aliphatic heterocycles. The van der Waals surface area contributed by atoms with E-state index < -0.39 is 21.4 Å². The fourth-order valence-electron chi connectivity index (χ4n) is 3.79. The minimum absolute atomic E-state index is 0.278. The predicted octanol–water partition coefficient (Wildman–Crippen LogP) is 6.31. The van der Waals surface area contributed by atoms with E-state index in [9.17, 15) is 13.8 Å². The number of carbonyl (C=O) groups excluding carboxylic acids is 2. The van der Waals surface area contributed by atoms with Gasteiger partial charge in [0.1, 0.15) is 5.75 Å². The highest BCUT2D eigenvalue weighted by molar-refractivity contribution is 7.99. The zero-order chi connectivity index (χ0) is 26.7. The molecule has 196 valence electrons. The van der Waals surface area contributed by atoms with Gasteiger partial charge in [-0.2, -0.15) is 11.8 Å². The number of hydrogen-bond acceptors (Lipinski definition) is 5. The first-order valence-corrected chi connectivity index (χ1v) is 15.5. The summed E-state index contributed by atoms with van der Waals surface area (Å²) in [6.07, 6.45) is 3.75. The second-order valence-electron chi connectivity index (χ2n) is 8.96. The zero-order valence-corrected chi connectivity index (χ0v) is 23.2. The standard InChI is InChI=1S/C30H35NO4S2/c1-4-5-6-7-19-37(3,34)31-30(33)29(32)26-17-13-24(14-18-26)22-36-21-23-11-15-25(16-12-23)27-9-8-10-28(20-27)35-2/h8-18,20H,3-7,19,21-22H2,1-2H3,(H,31,33,34). The van der Waals surface area contributed by atoms with Crippen molar-refractivity contribution >= 4 is 39.0 Å². The SMILES string of the molecule is C=S(=O)(CCCCCC)NC(=O)C(=O)c1ccc(CSCc2ccc(-c3cccc(OC)c3)cc2)cc1. The summed E-state index contributed by atoms with van der Waals surface area (Å²) in [5.41, 5.74) is 4.83. The smallest absolute Gasteiger partial charge is 0.303 e. The number of Topliss-reactive ketones (excluding diaryl/α,β-unsaturated/α-hetero) is 1. The molecule has 3 aromatic rings. The zero-order valence-electron chi connectivity index (χ0n) is 21.5. The molecule has 0 saturated carbocycles. The Balaban J connectivity index is 1.47.